The van der Waals surface area contributed by atoms with Gasteiger partial charge in [0.25, 0.3) is 10.0 Å². The van der Waals surface area contributed by atoms with E-state index < -0.39 is 16.0 Å². The first kappa shape index (κ1) is 21.5. The highest BCUT2D eigenvalue weighted by molar-refractivity contribution is 7.93. The molecule has 4 rings (SSSR count). The summed E-state index contributed by atoms with van der Waals surface area (Å²) in [5, 5.41) is 5.36. The van der Waals surface area contributed by atoms with Crippen LogP contribution in [0.3, 0.4) is 0 Å². The van der Waals surface area contributed by atoms with E-state index in [-0.39, 0.29) is 22.5 Å². The average Bonchev–Trinajstić information content (AvgIpc) is 3.41. The highest BCUT2D eigenvalue weighted by Gasteiger charge is 2.18. The smallest absolute Gasteiger partial charge is 0.340 e. The highest BCUT2D eigenvalue weighted by atomic mass is 32.2. The van der Waals surface area contributed by atoms with Crippen molar-refractivity contribution in [2.45, 2.75) is 11.4 Å². The number of thiazole rings is 1. The third kappa shape index (κ3) is 4.48. The predicted molar refractivity (Wildman–Crippen MR) is 121 cm³/mol. The van der Waals surface area contributed by atoms with Crippen molar-refractivity contribution in [3.8, 4) is 0 Å². The highest BCUT2D eigenvalue weighted by Crippen LogP contribution is 2.23. The van der Waals surface area contributed by atoms with E-state index in [1.54, 1.807) is 28.3 Å². The summed E-state index contributed by atoms with van der Waals surface area (Å²) in [6.45, 7) is -0.0385. The molecule has 0 spiro atoms. The first-order chi connectivity index (χ1) is 15.4. The zero-order valence-electron chi connectivity index (χ0n) is 16.8. The monoisotopic (exact) mass is 470 g/mol. The minimum Gasteiger partial charge on any atom is -0.465 e. The van der Waals surface area contributed by atoms with Crippen molar-refractivity contribution in [3.63, 3.8) is 0 Å². The number of esters is 1. The maximum atomic E-state index is 12.6. The Morgan fingerprint density at radius 2 is 1.88 bits per heavy atom. The van der Waals surface area contributed by atoms with Crippen LogP contribution < -0.4 is 10.0 Å². The number of fused-ring (bicyclic) bond motifs is 1. The Morgan fingerprint density at radius 3 is 2.56 bits per heavy atom. The van der Waals surface area contributed by atoms with Gasteiger partial charge in [-0.3, -0.25) is 9.52 Å². The molecular formula is C21H18N4O5S2. The van der Waals surface area contributed by atoms with Crippen molar-refractivity contribution in [1.82, 2.24) is 9.55 Å². The number of nitrogens with one attached hydrogen (secondary N) is 2. The fourth-order valence-corrected chi connectivity index (χ4v) is 4.96. The van der Waals surface area contributed by atoms with E-state index >= 15 is 0 Å². The molecular weight excluding hydrogens is 452 g/mol. The molecule has 0 aliphatic carbocycles. The molecule has 2 aromatic heterocycles. The molecule has 32 heavy (non-hydrogen) atoms. The molecule has 9 nitrogen and oxygen atoms in total. The number of methoxy groups -OCH3 is 1. The normalized spacial score (nSPS) is 11.3. The number of nitrogens with zero attached hydrogens (tertiary/aromatic N) is 2. The second-order valence-corrected chi connectivity index (χ2v) is 9.27. The van der Waals surface area contributed by atoms with Gasteiger partial charge in [-0.1, -0.05) is 18.2 Å². The molecule has 0 aliphatic heterocycles. The van der Waals surface area contributed by atoms with Gasteiger partial charge in [-0.05, 0) is 30.3 Å². The lowest BCUT2D eigenvalue weighted by molar-refractivity contribution is -0.116. The fourth-order valence-electron chi connectivity index (χ4n) is 3.17. The van der Waals surface area contributed by atoms with Crippen LogP contribution in [0.1, 0.15) is 10.4 Å². The Morgan fingerprint density at radius 1 is 1.12 bits per heavy atom. The predicted octanol–water partition coefficient (Wildman–Crippen LogP) is 3.32. The molecule has 0 saturated heterocycles. The maximum absolute atomic E-state index is 12.6. The van der Waals surface area contributed by atoms with Gasteiger partial charge in [0.1, 0.15) is 6.54 Å². The number of benzene rings is 2. The summed E-state index contributed by atoms with van der Waals surface area (Å²) in [6.07, 6.45) is 3.08. The number of para-hydroxylation sites is 1. The van der Waals surface area contributed by atoms with Gasteiger partial charge in [-0.15, -0.1) is 11.3 Å². The van der Waals surface area contributed by atoms with Crippen LogP contribution in [0, 0.1) is 0 Å². The molecule has 2 heterocycles. The summed E-state index contributed by atoms with van der Waals surface area (Å²) in [5.41, 5.74) is 1.53. The summed E-state index contributed by atoms with van der Waals surface area (Å²) < 4.78 is 33.7. The SMILES string of the molecule is COC(=O)c1cn(CC(=O)Nc2ccc(S(=O)(=O)Nc3nccs3)cc2)c2ccccc12. The molecule has 2 aromatic carbocycles. The maximum Gasteiger partial charge on any atom is 0.340 e. The first-order valence-corrected chi connectivity index (χ1v) is 11.7. The lowest BCUT2D eigenvalue weighted by Gasteiger charge is -2.09. The number of carbonyl (C=O) groups excluding carboxylic acids is 2. The zero-order valence-corrected chi connectivity index (χ0v) is 18.4. The molecule has 1 amide bonds. The van der Waals surface area contributed by atoms with Gasteiger partial charge in [0, 0.05) is 34.4 Å². The van der Waals surface area contributed by atoms with Crippen molar-refractivity contribution in [2.24, 2.45) is 0 Å². The van der Waals surface area contributed by atoms with E-state index in [1.807, 2.05) is 12.1 Å². The summed E-state index contributed by atoms with van der Waals surface area (Å²) in [5.74, 6) is -0.817. The lowest BCUT2D eigenvalue weighted by atomic mass is 10.2. The molecule has 2 N–H and O–H groups in total. The van der Waals surface area contributed by atoms with E-state index in [0.717, 1.165) is 5.52 Å². The van der Waals surface area contributed by atoms with Crippen LogP contribution in [0.15, 0.2) is 71.2 Å². The van der Waals surface area contributed by atoms with Gasteiger partial charge in [-0.25, -0.2) is 18.2 Å². The van der Waals surface area contributed by atoms with Crippen LogP contribution in [0.5, 0.6) is 0 Å². The number of anilines is 2. The van der Waals surface area contributed by atoms with Crippen molar-refractivity contribution in [3.05, 3.63) is 71.9 Å². The Balaban J connectivity index is 1.48. The van der Waals surface area contributed by atoms with Crippen LogP contribution in [-0.2, 0) is 26.1 Å². The van der Waals surface area contributed by atoms with Gasteiger partial charge in [0.15, 0.2) is 5.13 Å². The number of sulfonamides is 1. The summed E-state index contributed by atoms with van der Waals surface area (Å²) in [4.78, 5) is 28.6. The van der Waals surface area contributed by atoms with Gasteiger partial charge in [0.05, 0.1) is 17.6 Å². The molecule has 0 bridgehead atoms. The number of rotatable bonds is 7. The lowest BCUT2D eigenvalue weighted by Crippen LogP contribution is -2.18. The van der Waals surface area contributed by atoms with Crippen molar-refractivity contribution >= 4 is 55.0 Å². The minimum atomic E-state index is -3.77. The van der Waals surface area contributed by atoms with Crippen LogP contribution in [0.2, 0.25) is 0 Å². The third-order valence-corrected chi connectivity index (χ3v) is 6.78. The summed E-state index contributed by atoms with van der Waals surface area (Å²) in [6, 6.07) is 13.0. The Kier molecular flexibility index (Phi) is 5.93. The van der Waals surface area contributed by atoms with Gasteiger partial charge >= 0.3 is 5.97 Å². The molecule has 0 atom stereocenters. The second kappa shape index (κ2) is 8.81. The molecule has 0 saturated carbocycles. The van der Waals surface area contributed by atoms with Crippen LogP contribution in [0.4, 0.5) is 10.8 Å². The summed E-state index contributed by atoms with van der Waals surface area (Å²) >= 11 is 1.17. The molecule has 4 aromatic rings. The van der Waals surface area contributed by atoms with Gasteiger partial charge in [-0.2, -0.15) is 0 Å². The number of aromatic nitrogens is 2. The van der Waals surface area contributed by atoms with Crippen molar-refractivity contribution < 1.29 is 22.7 Å². The van der Waals surface area contributed by atoms with E-state index in [0.29, 0.717) is 16.6 Å². The average molecular weight is 471 g/mol. The van der Waals surface area contributed by atoms with E-state index in [1.165, 1.54) is 48.9 Å². The molecule has 0 fully saturated rings. The molecule has 11 heteroatoms. The zero-order chi connectivity index (χ0) is 22.7. The molecule has 0 aliphatic rings. The number of hydrogen-bond acceptors (Lipinski definition) is 7. The third-order valence-electron chi connectivity index (χ3n) is 4.61. The quantitative estimate of drug-likeness (QED) is 0.400. The Hall–Kier alpha value is -3.70. The standard InChI is InChI=1S/C21H18N4O5S2/c1-30-20(27)17-12-25(18-5-3-2-4-16(17)18)13-19(26)23-14-6-8-15(9-7-14)32(28,29)24-21-22-10-11-31-21/h2-12H,13H2,1H3,(H,22,24)(H,23,26). The topological polar surface area (TPSA) is 119 Å². The number of carbonyl (C=O) groups is 2. The number of ether oxygens (including phenoxy) is 1. The molecule has 0 radical (unpaired) electrons. The molecule has 164 valence electrons. The van der Waals surface area contributed by atoms with Gasteiger partial charge in [0.2, 0.25) is 5.91 Å². The van der Waals surface area contributed by atoms with Crippen molar-refractivity contribution in [2.75, 3.05) is 17.1 Å². The number of amides is 1. The van der Waals surface area contributed by atoms with Crippen molar-refractivity contribution in [1.29, 1.82) is 0 Å². The molecule has 0 unspecified atom stereocenters. The van der Waals surface area contributed by atoms with Crippen LogP contribution in [0.25, 0.3) is 10.9 Å². The van der Waals surface area contributed by atoms with E-state index in [4.69, 9.17) is 4.74 Å². The van der Waals surface area contributed by atoms with E-state index in [2.05, 4.69) is 15.0 Å². The Bertz CT molecular complexity index is 1380. The summed E-state index contributed by atoms with van der Waals surface area (Å²) in [7, 11) is -2.47. The minimum absolute atomic E-state index is 0.0385. The first-order valence-electron chi connectivity index (χ1n) is 9.36. The largest absolute Gasteiger partial charge is 0.465 e. The van der Waals surface area contributed by atoms with Crippen LogP contribution >= 0.6 is 11.3 Å². The van der Waals surface area contributed by atoms with Crippen LogP contribution in [-0.4, -0.2) is 37.0 Å². The van der Waals surface area contributed by atoms with E-state index in [9.17, 15) is 18.0 Å². The van der Waals surface area contributed by atoms with Gasteiger partial charge < -0.3 is 14.6 Å². The number of hydrogen-bond donors (Lipinski definition) is 2. The Labute approximate surface area is 187 Å². The second-order valence-electron chi connectivity index (χ2n) is 6.69. The fraction of sp³-hybridized carbons (Fsp3) is 0.0952.